The maximum absolute atomic E-state index is 12.9. The van der Waals surface area contributed by atoms with Crippen molar-refractivity contribution in [1.29, 1.82) is 0 Å². The van der Waals surface area contributed by atoms with Gasteiger partial charge >= 0.3 is 0 Å². The van der Waals surface area contributed by atoms with Gasteiger partial charge in [-0.05, 0) is 79.4 Å². The quantitative estimate of drug-likeness (QED) is 0.643. The minimum atomic E-state index is -0.230. The van der Waals surface area contributed by atoms with Crippen molar-refractivity contribution in [3.05, 3.63) is 42.2 Å². The van der Waals surface area contributed by atoms with Gasteiger partial charge in [-0.25, -0.2) is 4.39 Å². The molecule has 2 saturated carbocycles. The predicted octanol–water partition coefficient (Wildman–Crippen LogP) is 3.71. The molecule has 2 fully saturated rings. The van der Waals surface area contributed by atoms with E-state index < -0.39 is 0 Å². The number of hydrogen-bond donors (Lipinski definition) is 2. The standard InChI is InChI=1S/C17H19FN2S/c18-11-4-6-12(7-5-11)19-17(21)20-16-9-10-8-15(16)14-3-1-2-13(10)14/h1,3-7,10,13-16H,2,8-9H2,(H2,19,20,21)/t10-,13-,14-,15-,16-/m1/s1. The molecule has 3 aliphatic rings. The summed E-state index contributed by atoms with van der Waals surface area (Å²) in [5, 5.41) is 7.28. The van der Waals surface area contributed by atoms with Crippen LogP contribution in [-0.2, 0) is 0 Å². The third-order valence-electron chi connectivity index (χ3n) is 5.43. The highest BCUT2D eigenvalue weighted by molar-refractivity contribution is 7.80. The van der Waals surface area contributed by atoms with Gasteiger partial charge in [-0.1, -0.05) is 12.2 Å². The van der Waals surface area contributed by atoms with E-state index in [0.29, 0.717) is 11.2 Å². The monoisotopic (exact) mass is 302 g/mol. The molecule has 2 nitrogen and oxygen atoms in total. The molecule has 0 spiro atoms. The van der Waals surface area contributed by atoms with Gasteiger partial charge in [-0.2, -0.15) is 0 Å². The molecule has 4 heteroatoms. The van der Waals surface area contributed by atoms with Crippen LogP contribution < -0.4 is 10.6 Å². The summed E-state index contributed by atoms with van der Waals surface area (Å²) in [7, 11) is 0. The fourth-order valence-corrected chi connectivity index (χ4v) is 4.85. The topological polar surface area (TPSA) is 24.1 Å². The van der Waals surface area contributed by atoms with Crippen molar-refractivity contribution in [2.75, 3.05) is 5.32 Å². The highest BCUT2D eigenvalue weighted by Gasteiger charge is 2.52. The summed E-state index contributed by atoms with van der Waals surface area (Å²) in [5.41, 5.74) is 0.829. The molecule has 0 radical (unpaired) electrons. The zero-order valence-electron chi connectivity index (χ0n) is 11.8. The van der Waals surface area contributed by atoms with Gasteiger partial charge in [0.15, 0.2) is 5.11 Å². The number of hydrogen-bond acceptors (Lipinski definition) is 1. The lowest BCUT2D eigenvalue weighted by Crippen LogP contribution is -2.44. The normalized spacial score (nSPS) is 35.8. The molecule has 110 valence electrons. The first kappa shape index (κ1) is 13.3. The molecular formula is C17H19FN2S. The number of anilines is 1. The van der Waals surface area contributed by atoms with Crippen LogP contribution in [0.2, 0.25) is 0 Å². The molecule has 2 bridgehead atoms. The zero-order chi connectivity index (χ0) is 14.4. The van der Waals surface area contributed by atoms with Crippen LogP contribution in [0.3, 0.4) is 0 Å². The molecule has 21 heavy (non-hydrogen) atoms. The molecule has 0 aromatic heterocycles. The highest BCUT2D eigenvalue weighted by atomic mass is 32.1. The Hall–Kier alpha value is -1.42. The lowest BCUT2D eigenvalue weighted by Gasteiger charge is -2.32. The Labute approximate surface area is 129 Å². The molecule has 4 rings (SSSR count). The first-order valence-electron chi connectivity index (χ1n) is 7.70. The third kappa shape index (κ3) is 2.35. The Balaban J connectivity index is 1.37. The Morgan fingerprint density at radius 1 is 1.14 bits per heavy atom. The Morgan fingerprint density at radius 2 is 1.95 bits per heavy atom. The molecule has 0 unspecified atom stereocenters. The summed E-state index contributed by atoms with van der Waals surface area (Å²) in [6.07, 6.45) is 8.62. The lowest BCUT2D eigenvalue weighted by atomic mass is 9.79. The number of rotatable bonds is 2. The van der Waals surface area contributed by atoms with Crippen LogP contribution in [0.25, 0.3) is 0 Å². The molecule has 1 aromatic rings. The van der Waals surface area contributed by atoms with E-state index in [0.717, 1.165) is 29.4 Å². The Kier molecular flexibility index (Phi) is 3.21. The average Bonchev–Trinajstić information content (AvgIpc) is 3.13. The second-order valence-corrected chi connectivity index (χ2v) is 6.92. The van der Waals surface area contributed by atoms with E-state index in [1.807, 2.05) is 0 Å². The minimum Gasteiger partial charge on any atom is -0.359 e. The van der Waals surface area contributed by atoms with Crippen LogP contribution >= 0.6 is 12.2 Å². The van der Waals surface area contributed by atoms with Crippen molar-refractivity contribution >= 4 is 23.0 Å². The van der Waals surface area contributed by atoms with Crippen LogP contribution in [0.4, 0.5) is 10.1 Å². The summed E-state index contributed by atoms with van der Waals surface area (Å²) in [6.45, 7) is 0. The molecular weight excluding hydrogens is 283 g/mol. The molecule has 0 saturated heterocycles. The van der Waals surface area contributed by atoms with Crippen molar-refractivity contribution in [1.82, 2.24) is 5.32 Å². The van der Waals surface area contributed by atoms with Gasteiger partial charge < -0.3 is 10.6 Å². The summed E-state index contributed by atoms with van der Waals surface area (Å²) < 4.78 is 12.9. The van der Waals surface area contributed by atoms with E-state index in [1.54, 1.807) is 12.1 Å². The molecule has 5 atom stereocenters. The smallest absolute Gasteiger partial charge is 0.171 e. The largest absolute Gasteiger partial charge is 0.359 e. The molecule has 0 aliphatic heterocycles. The average molecular weight is 302 g/mol. The van der Waals surface area contributed by atoms with Crippen LogP contribution in [0.5, 0.6) is 0 Å². The van der Waals surface area contributed by atoms with Gasteiger partial charge in [0.2, 0.25) is 0 Å². The molecule has 0 heterocycles. The van der Waals surface area contributed by atoms with Crippen LogP contribution in [0.15, 0.2) is 36.4 Å². The SMILES string of the molecule is Fc1ccc(NC(=S)N[C@@H]2C[C@H]3C[C@@H]2[C@@H]2C=CC[C@H]32)cc1. The second-order valence-electron chi connectivity index (χ2n) is 6.51. The van der Waals surface area contributed by atoms with Gasteiger partial charge in [0.05, 0.1) is 0 Å². The molecule has 3 aliphatic carbocycles. The van der Waals surface area contributed by atoms with E-state index in [-0.39, 0.29) is 5.82 Å². The number of nitrogens with one attached hydrogen (secondary N) is 2. The zero-order valence-corrected chi connectivity index (χ0v) is 12.6. The second kappa shape index (κ2) is 5.09. The summed E-state index contributed by atoms with van der Waals surface area (Å²) in [6, 6.07) is 6.78. The third-order valence-corrected chi connectivity index (χ3v) is 5.65. The fourth-order valence-electron chi connectivity index (χ4n) is 4.58. The first-order chi connectivity index (χ1) is 10.2. The van der Waals surface area contributed by atoms with Gasteiger partial charge in [0, 0.05) is 11.7 Å². The van der Waals surface area contributed by atoms with Gasteiger partial charge in [0.25, 0.3) is 0 Å². The Bertz CT molecular complexity index is 583. The van der Waals surface area contributed by atoms with Gasteiger partial charge in [0.1, 0.15) is 5.82 Å². The van der Waals surface area contributed by atoms with Crippen molar-refractivity contribution in [3.63, 3.8) is 0 Å². The summed E-state index contributed by atoms with van der Waals surface area (Å²) in [5.74, 6) is 3.01. The minimum absolute atomic E-state index is 0.230. The van der Waals surface area contributed by atoms with Crippen LogP contribution in [0, 0.1) is 29.5 Å². The van der Waals surface area contributed by atoms with Crippen molar-refractivity contribution < 1.29 is 4.39 Å². The van der Waals surface area contributed by atoms with Crippen LogP contribution in [-0.4, -0.2) is 11.2 Å². The van der Waals surface area contributed by atoms with Gasteiger partial charge in [-0.15, -0.1) is 0 Å². The molecule has 2 N–H and O–H groups in total. The van der Waals surface area contributed by atoms with E-state index in [1.165, 1.54) is 31.4 Å². The maximum atomic E-state index is 12.9. The number of thiocarbonyl (C=S) groups is 1. The number of halogens is 1. The maximum Gasteiger partial charge on any atom is 0.171 e. The molecule has 1 aromatic carbocycles. The molecule has 0 amide bonds. The Morgan fingerprint density at radius 3 is 2.76 bits per heavy atom. The van der Waals surface area contributed by atoms with Crippen molar-refractivity contribution in [2.45, 2.75) is 25.3 Å². The van der Waals surface area contributed by atoms with Crippen LogP contribution in [0.1, 0.15) is 19.3 Å². The van der Waals surface area contributed by atoms with E-state index in [9.17, 15) is 4.39 Å². The van der Waals surface area contributed by atoms with Crippen molar-refractivity contribution in [3.8, 4) is 0 Å². The van der Waals surface area contributed by atoms with E-state index in [2.05, 4.69) is 22.8 Å². The van der Waals surface area contributed by atoms with E-state index >= 15 is 0 Å². The number of allylic oxidation sites excluding steroid dienone is 2. The van der Waals surface area contributed by atoms with Gasteiger partial charge in [-0.3, -0.25) is 0 Å². The highest BCUT2D eigenvalue weighted by Crippen LogP contribution is 2.56. The summed E-state index contributed by atoms with van der Waals surface area (Å²) >= 11 is 5.41. The fraction of sp³-hybridized carbons (Fsp3) is 0.471. The predicted molar refractivity (Wildman–Crippen MR) is 86.5 cm³/mol. The lowest BCUT2D eigenvalue weighted by molar-refractivity contribution is 0.246. The van der Waals surface area contributed by atoms with Crippen molar-refractivity contribution in [2.24, 2.45) is 23.7 Å². The van der Waals surface area contributed by atoms with E-state index in [4.69, 9.17) is 12.2 Å². The first-order valence-corrected chi connectivity index (χ1v) is 8.11. The number of fused-ring (bicyclic) bond motifs is 5. The number of benzene rings is 1. The summed E-state index contributed by atoms with van der Waals surface area (Å²) in [4.78, 5) is 0.